The van der Waals surface area contributed by atoms with Crippen molar-refractivity contribution in [1.29, 1.82) is 0 Å². The molecule has 9 nitrogen and oxygen atoms in total. The van der Waals surface area contributed by atoms with Gasteiger partial charge in [-0.3, -0.25) is 9.59 Å². The Labute approximate surface area is 219 Å². The van der Waals surface area contributed by atoms with Crippen LogP contribution in [-0.2, 0) is 22.8 Å². The summed E-state index contributed by atoms with van der Waals surface area (Å²) < 4.78 is 17.6. The molecule has 1 heterocycles. The molecule has 0 saturated heterocycles. The standard InChI is InChI=1S/C28H37N3O6/c1-21(2)13-9-6-7-10-14-24(32)29-19-22-15-16-23(26(35-5)25(22)27(33)30(3)4)37-28(34)36-20-31-17-11-8-12-18-31/h8-9,11-13,15-18,21H,6-7,10,14,19-20H2,1-5H3/p+1/b13-9+. The van der Waals surface area contributed by atoms with Crippen LogP contribution in [0.4, 0.5) is 4.79 Å². The largest absolute Gasteiger partial charge is 0.518 e. The topological polar surface area (TPSA) is 98.0 Å². The Bertz CT molecular complexity index is 1070. The van der Waals surface area contributed by atoms with Crippen molar-refractivity contribution in [2.45, 2.75) is 52.8 Å². The van der Waals surface area contributed by atoms with E-state index in [-0.39, 0.29) is 42.2 Å². The van der Waals surface area contributed by atoms with Gasteiger partial charge in [0, 0.05) is 39.2 Å². The quantitative estimate of drug-likeness (QED) is 0.142. The summed E-state index contributed by atoms with van der Waals surface area (Å²) in [5.41, 5.74) is 0.749. The number of rotatable bonds is 13. The van der Waals surface area contributed by atoms with Gasteiger partial charge < -0.3 is 24.4 Å². The van der Waals surface area contributed by atoms with Gasteiger partial charge in [0.15, 0.2) is 23.9 Å². The number of benzene rings is 1. The lowest BCUT2D eigenvalue weighted by Crippen LogP contribution is -2.35. The van der Waals surface area contributed by atoms with Gasteiger partial charge in [0.1, 0.15) is 0 Å². The van der Waals surface area contributed by atoms with Crippen molar-refractivity contribution in [3.63, 3.8) is 0 Å². The fraction of sp³-hybridized carbons (Fsp3) is 0.429. The average Bonchev–Trinajstić information content (AvgIpc) is 2.88. The molecule has 1 aromatic heterocycles. The molecule has 9 heteroatoms. The molecule has 37 heavy (non-hydrogen) atoms. The number of carbonyl (C=O) groups excluding carboxylic acids is 3. The van der Waals surface area contributed by atoms with Crippen LogP contribution in [0.1, 0.15) is 55.5 Å². The summed E-state index contributed by atoms with van der Waals surface area (Å²) in [4.78, 5) is 39.1. The van der Waals surface area contributed by atoms with Gasteiger partial charge in [-0.1, -0.05) is 38.1 Å². The lowest BCUT2D eigenvalue weighted by Gasteiger charge is -2.19. The molecule has 0 bridgehead atoms. The first-order valence-electron chi connectivity index (χ1n) is 12.4. The van der Waals surface area contributed by atoms with Gasteiger partial charge in [0.05, 0.1) is 12.7 Å². The molecule has 200 valence electrons. The zero-order valence-corrected chi connectivity index (χ0v) is 22.4. The fourth-order valence-corrected chi connectivity index (χ4v) is 3.46. The van der Waals surface area contributed by atoms with Gasteiger partial charge in [-0.25, -0.2) is 4.79 Å². The molecule has 0 radical (unpaired) electrons. The number of amides is 2. The monoisotopic (exact) mass is 512 g/mol. The first-order chi connectivity index (χ1) is 17.7. The third kappa shape index (κ3) is 9.95. The number of nitrogens with zero attached hydrogens (tertiary/aromatic N) is 2. The van der Waals surface area contributed by atoms with Gasteiger partial charge in [-0.15, -0.1) is 0 Å². The van der Waals surface area contributed by atoms with Crippen LogP contribution >= 0.6 is 0 Å². The normalized spacial score (nSPS) is 10.9. The second kappa shape index (κ2) is 15.3. The zero-order chi connectivity index (χ0) is 27.2. The van der Waals surface area contributed by atoms with E-state index in [1.54, 1.807) is 49.3 Å². The molecule has 1 N–H and O–H groups in total. The lowest BCUT2D eigenvalue weighted by molar-refractivity contribution is -0.727. The van der Waals surface area contributed by atoms with Crippen LogP contribution < -0.4 is 19.4 Å². The van der Waals surface area contributed by atoms with Crippen LogP contribution in [0.15, 0.2) is 54.9 Å². The van der Waals surface area contributed by atoms with Crippen molar-refractivity contribution in [2.75, 3.05) is 21.2 Å². The summed E-state index contributed by atoms with van der Waals surface area (Å²) >= 11 is 0. The number of pyridine rings is 1. The molecular formula is C28H38N3O6+. The molecule has 1 aromatic carbocycles. The summed E-state index contributed by atoms with van der Waals surface area (Å²) in [5.74, 6) is 0.205. The number of hydrogen-bond acceptors (Lipinski definition) is 6. The lowest BCUT2D eigenvalue weighted by atomic mass is 10.0. The van der Waals surface area contributed by atoms with Crippen LogP contribution in [0.3, 0.4) is 0 Å². The number of unbranched alkanes of at least 4 members (excludes halogenated alkanes) is 2. The van der Waals surface area contributed by atoms with Crippen LogP contribution in [0.5, 0.6) is 11.5 Å². The van der Waals surface area contributed by atoms with Crippen molar-refractivity contribution < 1.29 is 33.2 Å². The van der Waals surface area contributed by atoms with Crippen molar-refractivity contribution in [3.8, 4) is 11.5 Å². The number of hydrogen-bond donors (Lipinski definition) is 1. The fourth-order valence-electron chi connectivity index (χ4n) is 3.46. The molecule has 2 rings (SSSR count). The minimum Gasteiger partial charge on any atom is -0.492 e. The molecule has 2 amide bonds. The summed E-state index contributed by atoms with van der Waals surface area (Å²) in [5, 5.41) is 2.87. The molecular weight excluding hydrogens is 474 g/mol. The second-order valence-corrected chi connectivity index (χ2v) is 9.04. The van der Waals surface area contributed by atoms with Gasteiger partial charge in [0.25, 0.3) is 12.6 Å². The van der Waals surface area contributed by atoms with Gasteiger partial charge in [-0.2, -0.15) is 4.57 Å². The molecule has 0 unspecified atom stereocenters. The molecule has 0 aliphatic carbocycles. The summed E-state index contributed by atoms with van der Waals surface area (Å²) in [6.07, 6.45) is 9.90. The Balaban J connectivity index is 2.06. The van der Waals surface area contributed by atoms with Crippen molar-refractivity contribution >= 4 is 18.0 Å². The maximum atomic E-state index is 13.0. The summed E-state index contributed by atoms with van der Waals surface area (Å²) in [7, 11) is 4.60. The second-order valence-electron chi connectivity index (χ2n) is 9.04. The smallest absolute Gasteiger partial charge is 0.492 e. The molecule has 2 aromatic rings. The van der Waals surface area contributed by atoms with E-state index in [1.807, 2.05) is 6.07 Å². The van der Waals surface area contributed by atoms with E-state index in [9.17, 15) is 14.4 Å². The average molecular weight is 513 g/mol. The Hall–Kier alpha value is -3.88. The minimum absolute atomic E-state index is 0.0381. The first-order valence-corrected chi connectivity index (χ1v) is 12.4. The number of methoxy groups -OCH3 is 1. The Morgan fingerprint density at radius 1 is 1.08 bits per heavy atom. The number of allylic oxidation sites excluding steroid dienone is 2. The molecule has 0 atom stereocenters. The zero-order valence-electron chi connectivity index (χ0n) is 22.4. The molecule has 0 aliphatic rings. The number of carbonyl (C=O) groups is 3. The van der Waals surface area contributed by atoms with Gasteiger partial charge >= 0.3 is 6.16 Å². The maximum Gasteiger partial charge on any atom is 0.518 e. The predicted molar refractivity (Wildman–Crippen MR) is 139 cm³/mol. The highest BCUT2D eigenvalue weighted by Gasteiger charge is 2.25. The van der Waals surface area contributed by atoms with Crippen LogP contribution in [0.25, 0.3) is 0 Å². The highest BCUT2D eigenvalue weighted by Crippen LogP contribution is 2.35. The molecule has 0 saturated carbocycles. The van der Waals surface area contributed by atoms with Crippen molar-refractivity contribution in [3.05, 3.63) is 66.0 Å². The third-order valence-electron chi connectivity index (χ3n) is 5.36. The molecule has 0 fully saturated rings. The van der Waals surface area contributed by atoms with Crippen LogP contribution in [0, 0.1) is 5.92 Å². The summed E-state index contributed by atoms with van der Waals surface area (Å²) in [6.45, 7) is 4.35. The Kier molecular flexibility index (Phi) is 12.1. The maximum absolute atomic E-state index is 13.0. The highest BCUT2D eigenvalue weighted by molar-refractivity contribution is 5.99. The SMILES string of the molecule is COc1c(OC(=O)OC[n+]2ccccc2)ccc(CNC(=O)CCCC/C=C/C(C)C)c1C(=O)N(C)C. The Morgan fingerprint density at radius 2 is 1.81 bits per heavy atom. The summed E-state index contributed by atoms with van der Waals surface area (Å²) in [6, 6.07) is 8.61. The highest BCUT2D eigenvalue weighted by atomic mass is 16.7. The number of ether oxygens (including phenoxy) is 3. The van der Waals surface area contributed by atoms with E-state index in [4.69, 9.17) is 14.2 Å². The van der Waals surface area contributed by atoms with Crippen molar-refractivity contribution in [1.82, 2.24) is 10.2 Å². The van der Waals surface area contributed by atoms with Gasteiger partial charge in [-0.05, 0) is 36.8 Å². The molecule has 0 spiro atoms. The first kappa shape index (κ1) is 29.4. The molecule has 0 aliphatic heterocycles. The van der Waals surface area contributed by atoms with Crippen LogP contribution in [0.2, 0.25) is 0 Å². The Morgan fingerprint density at radius 3 is 2.46 bits per heavy atom. The van der Waals surface area contributed by atoms with E-state index < -0.39 is 6.16 Å². The minimum atomic E-state index is -0.942. The van der Waals surface area contributed by atoms with E-state index in [2.05, 4.69) is 31.3 Å². The van der Waals surface area contributed by atoms with Gasteiger partial charge in [0.2, 0.25) is 5.91 Å². The van der Waals surface area contributed by atoms with E-state index in [0.717, 1.165) is 19.3 Å². The van der Waals surface area contributed by atoms with E-state index in [1.165, 1.54) is 18.1 Å². The number of aromatic nitrogens is 1. The van der Waals surface area contributed by atoms with Crippen LogP contribution in [-0.4, -0.2) is 44.1 Å². The number of nitrogens with one attached hydrogen (secondary N) is 1. The predicted octanol–water partition coefficient (Wildman–Crippen LogP) is 4.25. The van der Waals surface area contributed by atoms with Crippen molar-refractivity contribution in [2.24, 2.45) is 5.92 Å². The third-order valence-corrected chi connectivity index (χ3v) is 5.36. The van der Waals surface area contributed by atoms with E-state index >= 15 is 0 Å². The van der Waals surface area contributed by atoms with E-state index in [0.29, 0.717) is 17.9 Å².